The first kappa shape index (κ1) is 67.8. The third-order valence-electron chi connectivity index (χ3n) is 15.4. The maximum Gasteiger partial charge on any atom is 0.187 e. The van der Waals surface area contributed by atoms with Crippen molar-refractivity contribution in [3.63, 3.8) is 0 Å². The van der Waals surface area contributed by atoms with E-state index in [4.69, 9.17) is 66.3 Å². The summed E-state index contributed by atoms with van der Waals surface area (Å²) in [6.07, 6.45) is -68.2. The fourth-order valence-corrected chi connectivity index (χ4v) is 10.4. The van der Waals surface area contributed by atoms with E-state index in [-0.39, 0.29) is 0 Å². The molecule has 0 radical (unpaired) electrons. The number of hydrogen-bond donors (Lipinski definition) is 21. The van der Waals surface area contributed by atoms with E-state index in [1.165, 1.54) is 5.57 Å². The molecular formula is C47H80O35. The molecule has 21 rings (SSSR count). The zero-order chi connectivity index (χ0) is 60.3. The van der Waals surface area contributed by atoms with Crippen LogP contribution in [0.25, 0.3) is 0 Å². The first-order valence-electron chi connectivity index (χ1n) is 26.5. The Balaban J connectivity index is 0.00000185. The molecule has 0 aromatic carbocycles. The van der Waals surface area contributed by atoms with Gasteiger partial charge in [0.15, 0.2) is 44.0 Å². The molecule has 0 amide bonds. The Morgan fingerprint density at radius 3 is 0.427 bits per heavy atom. The second-order valence-electron chi connectivity index (χ2n) is 21.0. The smallest absolute Gasteiger partial charge is 0.187 e. The van der Waals surface area contributed by atoms with Crippen LogP contribution in [0.3, 0.4) is 0 Å². The Hall–Kier alpha value is -1.66. The van der Waals surface area contributed by atoms with E-state index in [9.17, 15) is 107 Å². The number of rotatable bonds is 7. The van der Waals surface area contributed by atoms with Crippen molar-refractivity contribution < 1.29 is 174 Å². The minimum atomic E-state index is -2.21. The van der Waals surface area contributed by atoms with Crippen molar-refractivity contribution in [2.45, 2.75) is 236 Å². The molecule has 82 heavy (non-hydrogen) atoms. The number of aliphatic hydroxyl groups is 21. The minimum absolute atomic E-state index is 1.05. The predicted molar refractivity (Wildman–Crippen MR) is 254 cm³/mol. The van der Waals surface area contributed by atoms with Crippen LogP contribution in [0.4, 0.5) is 0 Å². The molecule has 0 saturated carbocycles. The van der Waals surface area contributed by atoms with Gasteiger partial charge in [-0.2, -0.15) is 0 Å². The van der Waals surface area contributed by atoms with Crippen LogP contribution in [0.5, 0.6) is 0 Å². The van der Waals surface area contributed by atoms with Crippen molar-refractivity contribution in [1.29, 1.82) is 0 Å². The number of hydrogen-bond acceptors (Lipinski definition) is 35. The molecule has 21 heterocycles. The van der Waals surface area contributed by atoms with Crippen LogP contribution >= 0.6 is 0 Å². The van der Waals surface area contributed by atoms with Crippen LogP contribution in [-0.2, 0) is 66.3 Å². The van der Waals surface area contributed by atoms with E-state index < -0.39 is 261 Å². The maximum absolute atomic E-state index is 11.3. The van der Waals surface area contributed by atoms with Gasteiger partial charge >= 0.3 is 0 Å². The lowest BCUT2D eigenvalue weighted by Crippen LogP contribution is -2.68. The molecule has 21 N–H and O–H groups in total. The van der Waals surface area contributed by atoms with E-state index in [2.05, 4.69) is 19.9 Å². The van der Waals surface area contributed by atoms with E-state index in [0.29, 0.717) is 0 Å². The third-order valence-corrected chi connectivity index (χ3v) is 15.4. The standard InChI is InChI=1S/C42H70O35.C5H10/c43-1-8-29-15(50)22(57)36(64-8)72-30-9(2-44)66-38(24(59)17(30)52)74-32-11(4-46)68-40(26(61)19(32)54)76-34-13(6-48)70-42(28(63)21(34)56)77-35-14(7-49)69-41(27(62)20(35)55)75-33-12(5-47)67-39(25(60)18(33)53)73-31-10(3-45)65-37(71-29)23(58)16(31)51;1-4-5(2)3/h8-63H,1-7H2;4H,1-3H3/t8-,9-,10-,11-,12-,13-,14-,15-,16-,17-,18-,19-,20-,21-,22-,23-,24-,25-,26-,27-,28-,29-,30-,31-,32-,33-,34-,35-,36-,37-,38-,39-,40-,41-,42-;/m1./s1. The molecule has 0 aromatic heterocycles. The second kappa shape index (κ2) is 29.6. The van der Waals surface area contributed by atoms with E-state index in [0.717, 1.165) is 0 Å². The summed E-state index contributed by atoms with van der Waals surface area (Å²) in [4.78, 5) is 0. The molecule has 35 atom stereocenters. The van der Waals surface area contributed by atoms with Gasteiger partial charge in [0.05, 0.1) is 46.2 Å². The van der Waals surface area contributed by atoms with Crippen molar-refractivity contribution in [2.24, 2.45) is 0 Å². The minimum Gasteiger partial charge on any atom is -0.394 e. The zero-order valence-corrected chi connectivity index (χ0v) is 44.3. The van der Waals surface area contributed by atoms with E-state index in [1.807, 2.05) is 6.92 Å². The summed E-state index contributed by atoms with van der Waals surface area (Å²) in [6.45, 7) is -1.12. The van der Waals surface area contributed by atoms with Gasteiger partial charge in [-0.25, -0.2) is 0 Å². The summed E-state index contributed by atoms with van der Waals surface area (Å²) in [5.74, 6) is 0. The van der Waals surface area contributed by atoms with Crippen molar-refractivity contribution in [3.05, 3.63) is 11.6 Å². The maximum atomic E-state index is 11.3. The lowest BCUT2D eigenvalue weighted by atomic mass is 9.95. The largest absolute Gasteiger partial charge is 0.394 e. The number of ether oxygens (including phenoxy) is 14. The van der Waals surface area contributed by atoms with Gasteiger partial charge in [0.2, 0.25) is 0 Å². The second-order valence-corrected chi connectivity index (χ2v) is 21.0. The Morgan fingerprint density at radius 1 is 0.232 bits per heavy atom. The predicted octanol–water partition coefficient (Wildman–Crippen LogP) is -13.3. The van der Waals surface area contributed by atoms with Crippen LogP contribution in [0.15, 0.2) is 11.6 Å². The Labute approximate surface area is 466 Å². The van der Waals surface area contributed by atoms with Crippen LogP contribution < -0.4 is 0 Å². The molecule has 0 spiro atoms. The third kappa shape index (κ3) is 14.1. The normalized spacial score (nSPS) is 52.4. The van der Waals surface area contributed by atoms with Gasteiger partial charge in [-0.15, -0.1) is 0 Å². The fraction of sp³-hybridized carbons (Fsp3) is 0.957. The average Bonchev–Trinajstić information content (AvgIpc) is 3.30. The first-order chi connectivity index (χ1) is 38.9. The average molecular weight is 1210 g/mol. The molecule has 0 unspecified atom stereocenters. The lowest BCUT2D eigenvalue weighted by molar-refractivity contribution is -0.396. The van der Waals surface area contributed by atoms with Gasteiger partial charge in [0.1, 0.15) is 171 Å². The molecule has 35 heteroatoms. The quantitative estimate of drug-likeness (QED) is 0.105. The van der Waals surface area contributed by atoms with Crippen molar-refractivity contribution in [3.8, 4) is 0 Å². The van der Waals surface area contributed by atoms with Gasteiger partial charge in [-0.3, -0.25) is 0 Å². The lowest BCUT2D eigenvalue weighted by Gasteiger charge is -2.50. The monoisotopic (exact) mass is 1200 g/mol. The Kier molecular flexibility index (Phi) is 24.5. The van der Waals surface area contributed by atoms with Crippen LogP contribution in [0.1, 0.15) is 20.8 Å². The van der Waals surface area contributed by atoms with Crippen molar-refractivity contribution in [2.75, 3.05) is 46.2 Å². The van der Waals surface area contributed by atoms with Crippen LogP contribution in [0, 0.1) is 0 Å². The van der Waals surface area contributed by atoms with Crippen LogP contribution in [0.2, 0.25) is 0 Å². The van der Waals surface area contributed by atoms with Crippen molar-refractivity contribution >= 4 is 0 Å². The molecule has 21 aliphatic rings. The fourth-order valence-electron chi connectivity index (χ4n) is 10.4. The summed E-state index contributed by atoms with van der Waals surface area (Å²) in [5.41, 5.74) is 1.38. The molecule has 21 saturated heterocycles. The molecule has 0 aliphatic carbocycles. The highest BCUT2D eigenvalue weighted by Gasteiger charge is 2.59. The van der Waals surface area contributed by atoms with Gasteiger partial charge in [-0.1, -0.05) is 11.6 Å². The van der Waals surface area contributed by atoms with E-state index in [1.54, 1.807) is 0 Å². The molecule has 14 bridgehead atoms. The molecule has 21 aliphatic heterocycles. The molecule has 478 valence electrons. The SMILES string of the molecule is CC=C(C)C.OC[C@H]1O[C@@H]2O[C@H]3[C@H](O)[C@@H](O)[C@@H](O[C@H]4[C@H](O)[C@@H](O)[C@@H](O[C@H]5[C@H](O)[C@@H](O)[C@@H](O[C@H]6[C@H](O)[C@@H](O)[C@@H](O[C@H]7[C@H](O)[C@@H](O)[C@@H](O[C@H]8[C@H](O)[C@@H](O)[C@@H](O[C@H]1[C@H](O)[C@H]2O)O[C@@H]8CO)O[C@@H]7CO)O[C@@H]6CO)O[C@@H]5CO)O[C@@H]4CO)O[C@@H]3CO. The highest BCUT2D eigenvalue weighted by Crippen LogP contribution is 2.39. The molecule has 35 nitrogen and oxygen atoms in total. The number of allylic oxidation sites excluding steroid dienone is 2. The zero-order valence-electron chi connectivity index (χ0n) is 44.3. The molecule has 0 aromatic rings. The highest BCUT2D eigenvalue weighted by molar-refractivity contribution is 5.02. The summed E-state index contributed by atoms with van der Waals surface area (Å²) < 4.78 is 79.5. The summed E-state index contributed by atoms with van der Waals surface area (Å²) in [7, 11) is 0. The van der Waals surface area contributed by atoms with Gasteiger partial charge in [-0.05, 0) is 20.8 Å². The molecule has 21 fully saturated rings. The van der Waals surface area contributed by atoms with Gasteiger partial charge in [0.25, 0.3) is 0 Å². The Bertz CT molecular complexity index is 1600. The van der Waals surface area contributed by atoms with Crippen molar-refractivity contribution in [1.82, 2.24) is 0 Å². The highest BCUT2D eigenvalue weighted by atomic mass is 16.8. The molecular weight excluding hydrogens is 1120 g/mol. The summed E-state index contributed by atoms with van der Waals surface area (Å²) in [5, 5.41) is 230. The van der Waals surface area contributed by atoms with E-state index >= 15 is 0 Å². The number of aliphatic hydroxyl groups excluding tert-OH is 21. The topological polar surface area (TPSA) is 554 Å². The summed E-state index contributed by atoms with van der Waals surface area (Å²) in [6, 6.07) is 0. The van der Waals surface area contributed by atoms with Crippen LogP contribution in [-0.4, -0.2) is 368 Å². The summed E-state index contributed by atoms with van der Waals surface area (Å²) >= 11 is 0. The first-order valence-corrected chi connectivity index (χ1v) is 26.5. The van der Waals surface area contributed by atoms with Gasteiger partial charge < -0.3 is 174 Å². The Morgan fingerprint density at radius 2 is 0.341 bits per heavy atom. The van der Waals surface area contributed by atoms with Gasteiger partial charge in [0, 0.05) is 0 Å².